The van der Waals surface area contributed by atoms with E-state index in [0.717, 1.165) is 87.7 Å². The molecule has 47 heavy (non-hydrogen) atoms. The maximum atomic E-state index is 13.2. The van der Waals surface area contributed by atoms with Gasteiger partial charge in [-0.1, -0.05) is 17.7 Å². The molecule has 11 heteroatoms. The monoisotopic (exact) mass is 664 g/mol. The fraction of sp³-hybridized carbons (Fsp3) is 0.694. The van der Waals surface area contributed by atoms with Crippen LogP contribution in [0.3, 0.4) is 0 Å². The molecule has 1 saturated carbocycles. The van der Waals surface area contributed by atoms with Crippen LogP contribution in [-0.4, -0.2) is 99.6 Å². The van der Waals surface area contributed by atoms with Gasteiger partial charge in [-0.15, -0.1) is 0 Å². The van der Waals surface area contributed by atoms with Crippen LogP contribution in [0.25, 0.3) is 0 Å². The maximum Gasteiger partial charge on any atom is 0.410 e. The zero-order valence-electron chi connectivity index (χ0n) is 28.1. The van der Waals surface area contributed by atoms with Crippen LogP contribution in [0.5, 0.6) is 6.01 Å². The van der Waals surface area contributed by atoms with Crippen LogP contribution in [0, 0.1) is 0 Å². The second-order valence-electron chi connectivity index (χ2n) is 15.7. The second kappa shape index (κ2) is 11.9. The SMILES string of the molecule is CC(C)(C)OC(=O)N1[C@@H]2CC[C@H]1CN(c1nc(OCC34CCCN3C(CO)CC4)nc3c1CCN(c1cccc(Cl)c1C1CC1)C3)C2. The van der Waals surface area contributed by atoms with Gasteiger partial charge in [-0.3, -0.25) is 9.80 Å². The van der Waals surface area contributed by atoms with Crippen molar-refractivity contribution in [2.24, 2.45) is 0 Å². The molecule has 2 aromatic rings. The molecule has 1 amide bonds. The summed E-state index contributed by atoms with van der Waals surface area (Å²) in [5.41, 5.74) is 4.12. The number of carbonyl (C=O) groups is 1. The van der Waals surface area contributed by atoms with Crippen LogP contribution in [0.2, 0.25) is 5.02 Å². The molecule has 4 saturated heterocycles. The zero-order valence-corrected chi connectivity index (χ0v) is 28.8. The van der Waals surface area contributed by atoms with Crippen molar-refractivity contribution in [3.05, 3.63) is 40.0 Å². The van der Waals surface area contributed by atoms with Crippen molar-refractivity contribution in [3.8, 4) is 6.01 Å². The molecule has 6 aliphatic rings. The lowest BCUT2D eigenvalue weighted by Gasteiger charge is -2.43. The van der Waals surface area contributed by atoms with Gasteiger partial charge in [0, 0.05) is 41.9 Å². The maximum absolute atomic E-state index is 13.2. The predicted molar refractivity (Wildman–Crippen MR) is 182 cm³/mol. The number of nitrogens with zero attached hydrogens (tertiary/aromatic N) is 6. The number of hydrogen-bond acceptors (Lipinski definition) is 9. The summed E-state index contributed by atoms with van der Waals surface area (Å²) in [5.74, 6) is 1.50. The van der Waals surface area contributed by atoms with Crippen molar-refractivity contribution >= 4 is 29.2 Å². The number of aliphatic hydroxyl groups excluding tert-OH is 1. The van der Waals surface area contributed by atoms with E-state index in [0.29, 0.717) is 25.1 Å². The molecule has 0 spiro atoms. The molecular formula is C36H49ClN6O4. The highest BCUT2D eigenvalue weighted by Crippen LogP contribution is 2.49. The van der Waals surface area contributed by atoms with E-state index in [1.165, 1.54) is 29.7 Å². The minimum Gasteiger partial charge on any atom is -0.461 e. The van der Waals surface area contributed by atoms with Crippen LogP contribution in [0.15, 0.2) is 18.2 Å². The van der Waals surface area contributed by atoms with Gasteiger partial charge in [0.25, 0.3) is 0 Å². The largest absolute Gasteiger partial charge is 0.461 e. The molecule has 1 aromatic heterocycles. The van der Waals surface area contributed by atoms with Crippen molar-refractivity contribution < 1.29 is 19.4 Å². The number of anilines is 2. The normalized spacial score (nSPS) is 28.9. The smallest absolute Gasteiger partial charge is 0.410 e. The quantitative estimate of drug-likeness (QED) is 0.410. The van der Waals surface area contributed by atoms with Gasteiger partial charge in [-0.2, -0.15) is 9.97 Å². The summed E-state index contributed by atoms with van der Waals surface area (Å²) in [6.07, 6.45) is 9.17. The minimum atomic E-state index is -0.523. The molecule has 1 N–H and O–H groups in total. The van der Waals surface area contributed by atoms with E-state index in [1.807, 2.05) is 31.7 Å². The Morgan fingerprint density at radius 3 is 2.55 bits per heavy atom. The van der Waals surface area contributed by atoms with Crippen molar-refractivity contribution in [2.75, 3.05) is 49.2 Å². The van der Waals surface area contributed by atoms with Crippen molar-refractivity contribution in [1.29, 1.82) is 0 Å². The number of amides is 1. The van der Waals surface area contributed by atoms with Gasteiger partial charge >= 0.3 is 12.1 Å². The first-order chi connectivity index (χ1) is 22.6. The molecular weight excluding hydrogens is 616 g/mol. The third-order valence-corrected chi connectivity index (χ3v) is 11.8. The molecule has 4 atom stereocenters. The average Bonchev–Trinajstić information content (AvgIpc) is 3.61. The third kappa shape index (κ3) is 5.82. The number of aliphatic hydroxyl groups is 1. The van der Waals surface area contributed by atoms with Crippen LogP contribution in [-0.2, 0) is 17.7 Å². The first kappa shape index (κ1) is 31.4. The van der Waals surface area contributed by atoms with Gasteiger partial charge in [-0.05, 0) is 109 Å². The highest BCUT2D eigenvalue weighted by Gasteiger charge is 2.50. The molecule has 2 bridgehead atoms. The van der Waals surface area contributed by atoms with Crippen molar-refractivity contribution in [2.45, 2.75) is 120 Å². The van der Waals surface area contributed by atoms with Crippen LogP contribution in [0.1, 0.15) is 94.9 Å². The van der Waals surface area contributed by atoms with E-state index in [1.54, 1.807) is 0 Å². The van der Waals surface area contributed by atoms with E-state index >= 15 is 0 Å². The van der Waals surface area contributed by atoms with Crippen molar-refractivity contribution in [3.63, 3.8) is 0 Å². The Morgan fingerprint density at radius 1 is 1.04 bits per heavy atom. The van der Waals surface area contributed by atoms with Gasteiger partial charge in [-0.25, -0.2) is 4.79 Å². The minimum absolute atomic E-state index is 0.0586. The Kier molecular flexibility index (Phi) is 8.00. The lowest BCUT2D eigenvalue weighted by atomic mass is 9.95. The standard InChI is InChI=1S/C36H49ClN6O4/c1-35(2,3)47-34(45)43-24-10-11-25(43)19-41(18-24)32-27-13-17-40(30-7-4-6-28(37)31(30)23-8-9-23)20-29(27)38-33(39-32)46-22-36-14-5-16-42(36)26(21-44)12-15-36/h4,6-7,23-26,44H,5,8-22H2,1-3H3/t24-,25+,26?,36?. The van der Waals surface area contributed by atoms with Crippen LogP contribution < -0.4 is 14.5 Å². The Labute approximate surface area is 283 Å². The first-order valence-corrected chi connectivity index (χ1v) is 18.2. The molecule has 6 heterocycles. The highest BCUT2D eigenvalue weighted by molar-refractivity contribution is 6.31. The number of aromatic nitrogens is 2. The Hall–Kier alpha value is -2.82. The molecule has 1 aromatic carbocycles. The lowest BCUT2D eigenvalue weighted by molar-refractivity contribution is 0.0122. The second-order valence-corrected chi connectivity index (χ2v) is 16.1. The predicted octanol–water partition coefficient (Wildman–Crippen LogP) is 5.53. The number of fused-ring (bicyclic) bond motifs is 4. The van der Waals surface area contributed by atoms with Crippen LogP contribution >= 0.6 is 11.6 Å². The summed E-state index contributed by atoms with van der Waals surface area (Å²) in [6.45, 7) is 10.5. The van der Waals surface area contributed by atoms with Gasteiger partial charge in [0.1, 0.15) is 18.0 Å². The number of halogens is 1. The topological polar surface area (TPSA) is 94.5 Å². The fourth-order valence-electron chi connectivity index (χ4n) is 9.19. The van der Waals surface area contributed by atoms with E-state index < -0.39 is 5.60 Å². The Balaban J connectivity index is 1.10. The highest BCUT2D eigenvalue weighted by atomic mass is 35.5. The van der Waals surface area contributed by atoms with Gasteiger partial charge in [0.05, 0.1) is 36.5 Å². The van der Waals surface area contributed by atoms with Crippen molar-refractivity contribution in [1.82, 2.24) is 19.8 Å². The zero-order chi connectivity index (χ0) is 32.5. The third-order valence-electron chi connectivity index (χ3n) is 11.5. The molecule has 0 radical (unpaired) electrons. The molecule has 10 nitrogen and oxygen atoms in total. The Morgan fingerprint density at radius 2 is 1.83 bits per heavy atom. The lowest BCUT2D eigenvalue weighted by Crippen LogP contribution is -2.57. The summed E-state index contributed by atoms with van der Waals surface area (Å²) in [5, 5.41) is 10.9. The molecule has 2 unspecified atom stereocenters. The summed E-state index contributed by atoms with van der Waals surface area (Å²) < 4.78 is 12.4. The number of carbonyl (C=O) groups excluding carboxylic acids is 1. The van der Waals surface area contributed by atoms with Crippen LogP contribution in [0.4, 0.5) is 16.3 Å². The van der Waals surface area contributed by atoms with E-state index in [9.17, 15) is 9.90 Å². The number of benzene rings is 1. The van der Waals surface area contributed by atoms with Gasteiger partial charge in [0.2, 0.25) is 0 Å². The number of rotatable bonds is 7. The summed E-state index contributed by atoms with van der Waals surface area (Å²) in [4.78, 5) is 32.8. The average molecular weight is 665 g/mol. The molecule has 1 aliphatic carbocycles. The number of hydrogen-bond donors (Lipinski definition) is 1. The molecule has 5 fully saturated rings. The van der Waals surface area contributed by atoms with E-state index in [4.69, 9.17) is 31.0 Å². The van der Waals surface area contributed by atoms with E-state index in [2.05, 4.69) is 26.8 Å². The summed E-state index contributed by atoms with van der Waals surface area (Å²) >= 11 is 6.77. The molecule has 5 aliphatic heterocycles. The number of piperazine rings is 1. The molecule has 8 rings (SSSR count). The molecule has 254 valence electrons. The van der Waals surface area contributed by atoms with E-state index in [-0.39, 0.29) is 36.4 Å². The van der Waals surface area contributed by atoms with Gasteiger partial charge in [0.15, 0.2) is 0 Å². The summed E-state index contributed by atoms with van der Waals surface area (Å²) in [6, 6.07) is 7.12. The van der Waals surface area contributed by atoms with Gasteiger partial charge < -0.3 is 24.4 Å². The fourth-order valence-corrected chi connectivity index (χ4v) is 9.52. The Bertz CT molecular complexity index is 1520. The summed E-state index contributed by atoms with van der Waals surface area (Å²) in [7, 11) is 0. The first-order valence-electron chi connectivity index (χ1n) is 17.8. The number of ether oxygens (including phenoxy) is 2.